The van der Waals surface area contributed by atoms with Crippen molar-refractivity contribution in [2.24, 2.45) is 0 Å². The molecule has 1 aromatic heterocycles. The standard InChI is InChI=1S/C27H30N4O2/c1-20(32)30-16-8-13-23(30)27(33)29-17-18-31-24(19-29)26(22-11-6-3-7-12-22)28-25(31)15-14-21-9-4-2-5-10-21/h2-7,9-12,23H,8,13-19H2,1H3/t23-/m0/s1. The minimum Gasteiger partial charge on any atom is -0.333 e. The van der Waals surface area contributed by atoms with Crippen LogP contribution < -0.4 is 0 Å². The number of hydrogen-bond donors (Lipinski definition) is 0. The number of carbonyl (C=O) groups excluding carboxylic acids is 2. The Bertz CT molecular complexity index is 1140. The average Bonchev–Trinajstić information content (AvgIpc) is 3.49. The van der Waals surface area contributed by atoms with Crippen molar-refractivity contribution >= 4 is 11.8 Å². The highest BCUT2D eigenvalue weighted by Gasteiger charge is 2.37. The molecule has 1 atom stereocenters. The molecule has 6 heteroatoms. The summed E-state index contributed by atoms with van der Waals surface area (Å²) in [6.45, 7) is 4.15. The smallest absolute Gasteiger partial charge is 0.245 e. The molecule has 0 bridgehead atoms. The first-order chi connectivity index (χ1) is 16.1. The van der Waals surface area contributed by atoms with E-state index >= 15 is 0 Å². The summed E-state index contributed by atoms with van der Waals surface area (Å²) < 4.78 is 2.31. The van der Waals surface area contributed by atoms with E-state index in [4.69, 9.17) is 4.98 Å². The Morgan fingerprint density at radius 3 is 2.39 bits per heavy atom. The number of rotatable bonds is 5. The molecule has 0 saturated carbocycles. The van der Waals surface area contributed by atoms with E-state index in [-0.39, 0.29) is 17.9 Å². The summed E-state index contributed by atoms with van der Waals surface area (Å²) in [4.78, 5) is 34.1. The van der Waals surface area contributed by atoms with Gasteiger partial charge in [0.2, 0.25) is 11.8 Å². The van der Waals surface area contributed by atoms with E-state index < -0.39 is 0 Å². The third kappa shape index (κ3) is 4.30. The zero-order valence-corrected chi connectivity index (χ0v) is 19.1. The summed E-state index contributed by atoms with van der Waals surface area (Å²) in [5, 5.41) is 0. The van der Waals surface area contributed by atoms with Crippen LogP contribution in [0.1, 0.15) is 36.8 Å². The Labute approximate surface area is 194 Å². The van der Waals surface area contributed by atoms with Crippen molar-refractivity contribution < 1.29 is 9.59 Å². The van der Waals surface area contributed by atoms with Gasteiger partial charge in [0.25, 0.3) is 0 Å². The fourth-order valence-electron chi connectivity index (χ4n) is 5.16. The number of nitrogens with zero attached hydrogens (tertiary/aromatic N) is 4. The van der Waals surface area contributed by atoms with Crippen molar-refractivity contribution in [2.45, 2.75) is 51.7 Å². The number of aryl methyl sites for hydroxylation is 2. The molecule has 2 amide bonds. The fourth-order valence-corrected chi connectivity index (χ4v) is 5.16. The summed E-state index contributed by atoms with van der Waals surface area (Å²) in [7, 11) is 0. The molecule has 2 aliphatic rings. The minimum absolute atomic E-state index is 0.0129. The van der Waals surface area contributed by atoms with E-state index in [0.717, 1.165) is 55.0 Å². The molecule has 33 heavy (non-hydrogen) atoms. The van der Waals surface area contributed by atoms with Crippen LogP contribution in [0, 0.1) is 0 Å². The largest absolute Gasteiger partial charge is 0.333 e. The van der Waals surface area contributed by atoms with Crippen molar-refractivity contribution in [3.05, 3.63) is 77.7 Å². The quantitative estimate of drug-likeness (QED) is 0.606. The van der Waals surface area contributed by atoms with Gasteiger partial charge in [0.05, 0.1) is 17.9 Å². The van der Waals surface area contributed by atoms with E-state index in [0.29, 0.717) is 19.6 Å². The van der Waals surface area contributed by atoms with Crippen molar-refractivity contribution in [1.82, 2.24) is 19.4 Å². The molecule has 2 aromatic carbocycles. The molecular weight excluding hydrogens is 412 g/mol. The van der Waals surface area contributed by atoms with Gasteiger partial charge in [-0.1, -0.05) is 60.7 Å². The molecule has 1 fully saturated rings. The van der Waals surface area contributed by atoms with E-state index in [2.05, 4.69) is 41.0 Å². The zero-order valence-electron chi connectivity index (χ0n) is 19.1. The minimum atomic E-state index is -0.324. The van der Waals surface area contributed by atoms with Crippen LogP contribution in [0.5, 0.6) is 0 Å². The normalized spacial score (nSPS) is 17.8. The molecule has 5 rings (SSSR count). The second-order valence-corrected chi connectivity index (χ2v) is 8.96. The van der Waals surface area contributed by atoms with Gasteiger partial charge in [0.1, 0.15) is 11.9 Å². The Morgan fingerprint density at radius 2 is 1.67 bits per heavy atom. The molecular formula is C27H30N4O2. The van der Waals surface area contributed by atoms with Crippen molar-refractivity contribution in [3.63, 3.8) is 0 Å². The van der Waals surface area contributed by atoms with E-state index in [1.807, 2.05) is 29.2 Å². The van der Waals surface area contributed by atoms with Crippen LogP contribution in [0.3, 0.4) is 0 Å². The number of hydrogen-bond acceptors (Lipinski definition) is 3. The lowest BCUT2D eigenvalue weighted by Crippen LogP contribution is -2.49. The SMILES string of the molecule is CC(=O)N1CCC[C@H]1C(=O)N1CCn2c(CCc3ccccc3)nc(-c3ccccc3)c2C1. The van der Waals surface area contributed by atoms with E-state index in [9.17, 15) is 9.59 Å². The lowest BCUT2D eigenvalue weighted by molar-refractivity contribution is -0.143. The highest BCUT2D eigenvalue weighted by molar-refractivity contribution is 5.87. The highest BCUT2D eigenvalue weighted by Crippen LogP contribution is 2.30. The van der Waals surface area contributed by atoms with Crippen molar-refractivity contribution in [2.75, 3.05) is 13.1 Å². The third-order valence-corrected chi connectivity index (χ3v) is 6.87. The van der Waals surface area contributed by atoms with Gasteiger partial charge in [0, 0.05) is 38.5 Å². The first kappa shape index (κ1) is 21.4. The van der Waals surface area contributed by atoms with Crippen LogP contribution in [-0.4, -0.2) is 50.3 Å². The van der Waals surface area contributed by atoms with Gasteiger partial charge >= 0.3 is 0 Å². The molecule has 3 aromatic rings. The Hall–Kier alpha value is -3.41. The number of aromatic nitrogens is 2. The molecule has 2 aliphatic heterocycles. The Kier molecular flexibility index (Phi) is 5.99. The molecule has 0 radical (unpaired) electrons. The molecule has 3 heterocycles. The van der Waals surface area contributed by atoms with E-state index in [1.54, 1.807) is 11.8 Å². The molecule has 170 valence electrons. The van der Waals surface area contributed by atoms with Gasteiger partial charge in [-0.3, -0.25) is 9.59 Å². The Morgan fingerprint density at radius 1 is 0.939 bits per heavy atom. The van der Waals surface area contributed by atoms with Crippen LogP contribution in [0.25, 0.3) is 11.3 Å². The summed E-state index contributed by atoms with van der Waals surface area (Å²) in [5.74, 6) is 1.13. The van der Waals surface area contributed by atoms with Crippen LogP contribution in [0.4, 0.5) is 0 Å². The topological polar surface area (TPSA) is 58.4 Å². The van der Waals surface area contributed by atoms with Gasteiger partial charge in [-0.05, 0) is 24.8 Å². The van der Waals surface area contributed by atoms with Gasteiger partial charge in [-0.25, -0.2) is 4.98 Å². The summed E-state index contributed by atoms with van der Waals surface area (Å²) in [6, 6.07) is 20.4. The second-order valence-electron chi connectivity index (χ2n) is 8.96. The van der Waals surface area contributed by atoms with Crippen LogP contribution in [0.2, 0.25) is 0 Å². The molecule has 0 unspecified atom stereocenters. The maximum atomic E-state index is 13.4. The number of benzene rings is 2. The summed E-state index contributed by atoms with van der Waals surface area (Å²) in [6.07, 6.45) is 3.44. The number of carbonyl (C=O) groups is 2. The van der Waals surface area contributed by atoms with Gasteiger partial charge in [-0.15, -0.1) is 0 Å². The average molecular weight is 443 g/mol. The van der Waals surface area contributed by atoms with Crippen LogP contribution >= 0.6 is 0 Å². The maximum Gasteiger partial charge on any atom is 0.245 e. The highest BCUT2D eigenvalue weighted by atomic mass is 16.2. The fraction of sp³-hybridized carbons (Fsp3) is 0.370. The number of amides is 2. The summed E-state index contributed by atoms with van der Waals surface area (Å²) >= 11 is 0. The molecule has 0 spiro atoms. The van der Waals surface area contributed by atoms with Crippen LogP contribution in [0.15, 0.2) is 60.7 Å². The Balaban J connectivity index is 1.43. The van der Waals surface area contributed by atoms with E-state index in [1.165, 1.54) is 5.56 Å². The number of likely N-dealkylation sites (tertiary alicyclic amines) is 1. The molecule has 1 saturated heterocycles. The third-order valence-electron chi connectivity index (χ3n) is 6.87. The molecule has 6 nitrogen and oxygen atoms in total. The first-order valence-corrected chi connectivity index (χ1v) is 11.9. The predicted molar refractivity (Wildman–Crippen MR) is 127 cm³/mol. The van der Waals surface area contributed by atoms with Crippen molar-refractivity contribution in [3.8, 4) is 11.3 Å². The summed E-state index contributed by atoms with van der Waals surface area (Å²) in [5.41, 5.74) is 4.43. The van der Waals surface area contributed by atoms with Gasteiger partial charge in [-0.2, -0.15) is 0 Å². The zero-order chi connectivity index (χ0) is 22.8. The van der Waals surface area contributed by atoms with Crippen LogP contribution in [-0.2, 0) is 35.5 Å². The van der Waals surface area contributed by atoms with Crippen molar-refractivity contribution in [1.29, 1.82) is 0 Å². The monoisotopic (exact) mass is 442 g/mol. The van der Waals surface area contributed by atoms with Gasteiger partial charge < -0.3 is 14.4 Å². The second kappa shape index (κ2) is 9.22. The maximum absolute atomic E-state index is 13.4. The number of imidazole rings is 1. The first-order valence-electron chi connectivity index (χ1n) is 11.9. The molecule has 0 N–H and O–H groups in total. The predicted octanol–water partition coefficient (Wildman–Crippen LogP) is 3.69. The van der Waals surface area contributed by atoms with Gasteiger partial charge in [0.15, 0.2) is 0 Å². The number of fused-ring (bicyclic) bond motifs is 1. The lowest BCUT2D eigenvalue weighted by atomic mass is 10.1. The lowest BCUT2D eigenvalue weighted by Gasteiger charge is -2.33. The molecule has 0 aliphatic carbocycles.